The van der Waals surface area contributed by atoms with E-state index in [9.17, 15) is 9.90 Å². The summed E-state index contributed by atoms with van der Waals surface area (Å²) in [6, 6.07) is 11.0. The number of rotatable bonds is 7. The van der Waals surface area contributed by atoms with Gasteiger partial charge in [0.1, 0.15) is 16.8 Å². The minimum atomic E-state index is -0.396. The summed E-state index contributed by atoms with van der Waals surface area (Å²) in [6.45, 7) is 3.20. The second kappa shape index (κ2) is 10.2. The summed E-state index contributed by atoms with van der Waals surface area (Å²) in [4.78, 5) is 24.4. The van der Waals surface area contributed by atoms with Crippen molar-refractivity contribution in [2.45, 2.75) is 38.6 Å². The average molecular weight is 449 g/mol. The van der Waals surface area contributed by atoms with Gasteiger partial charge in [-0.25, -0.2) is 9.78 Å². The van der Waals surface area contributed by atoms with E-state index >= 15 is 0 Å². The molecule has 1 aliphatic rings. The maximum atomic E-state index is 12.8. The maximum absolute atomic E-state index is 12.8. The number of nitrogens with zero attached hydrogens (tertiary/aromatic N) is 3. The van der Waals surface area contributed by atoms with Crippen LogP contribution in [0.25, 0.3) is 22.3 Å². The van der Waals surface area contributed by atoms with Crippen LogP contribution in [0.1, 0.15) is 43.0 Å². The number of hydrogen-bond acceptors (Lipinski definition) is 7. The zero-order valence-electron chi connectivity index (χ0n) is 19.5. The van der Waals surface area contributed by atoms with Gasteiger partial charge in [0.15, 0.2) is 0 Å². The Morgan fingerprint density at radius 3 is 2.52 bits per heavy atom. The van der Waals surface area contributed by atoms with Gasteiger partial charge in [-0.1, -0.05) is 0 Å². The Bertz CT molecular complexity index is 1110. The third-order valence-corrected chi connectivity index (χ3v) is 6.19. The van der Waals surface area contributed by atoms with E-state index in [-0.39, 0.29) is 11.8 Å². The van der Waals surface area contributed by atoms with Crippen LogP contribution in [-0.2, 0) is 4.74 Å². The van der Waals surface area contributed by atoms with Gasteiger partial charge < -0.3 is 20.1 Å². The van der Waals surface area contributed by atoms with Gasteiger partial charge in [-0.2, -0.15) is 0 Å². The van der Waals surface area contributed by atoms with Crippen molar-refractivity contribution < 1.29 is 14.6 Å². The Morgan fingerprint density at radius 2 is 1.85 bits per heavy atom. The van der Waals surface area contributed by atoms with Crippen LogP contribution in [0.15, 0.2) is 42.6 Å². The van der Waals surface area contributed by atoms with Crippen molar-refractivity contribution >= 4 is 22.7 Å². The number of nitrogens with one attached hydrogen (secondary N) is 1. The van der Waals surface area contributed by atoms with Crippen LogP contribution in [0.4, 0.5) is 5.69 Å². The number of hydrogen-bond donors (Lipinski definition) is 2. The first-order valence-corrected chi connectivity index (χ1v) is 11.6. The molecule has 2 heterocycles. The monoisotopic (exact) mass is 448 g/mol. The lowest BCUT2D eigenvalue weighted by Gasteiger charge is -2.31. The number of benzene rings is 1. The summed E-state index contributed by atoms with van der Waals surface area (Å²) < 4.78 is 5.32. The summed E-state index contributed by atoms with van der Waals surface area (Å²) >= 11 is 0. The number of ether oxygens (including phenoxy) is 1. The molecule has 3 aromatic rings. The normalized spacial score (nSPS) is 18.4. The lowest BCUT2D eigenvalue weighted by molar-refractivity contribution is 0.0527. The van der Waals surface area contributed by atoms with Gasteiger partial charge in [0.25, 0.3) is 0 Å². The van der Waals surface area contributed by atoms with E-state index in [0.717, 1.165) is 49.0 Å². The molecule has 2 N–H and O–H groups in total. The molecule has 7 heteroatoms. The van der Waals surface area contributed by atoms with Crippen LogP contribution in [0.5, 0.6) is 5.75 Å². The highest BCUT2D eigenvalue weighted by Crippen LogP contribution is 2.32. The molecule has 2 aromatic heterocycles. The lowest BCUT2D eigenvalue weighted by Crippen LogP contribution is -2.31. The third kappa shape index (κ3) is 5.42. The van der Waals surface area contributed by atoms with Gasteiger partial charge in [-0.3, -0.25) is 4.98 Å². The first-order valence-electron chi connectivity index (χ1n) is 11.6. The maximum Gasteiger partial charge on any atom is 0.341 e. The molecule has 1 aromatic carbocycles. The summed E-state index contributed by atoms with van der Waals surface area (Å²) in [5.74, 6) is 0.515. The van der Waals surface area contributed by atoms with Gasteiger partial charge >= 0.3 is 5.97 Å². The van der Waals surface area contributed by atoms with Crippen molar-refractivity contribution in [1.29, 1.82) is 0 Å². The van der Waals surface area contributed by atoms with Crippen molar-refractivity contribution in [2.24, 2.45) is 5.92 Å². The van der Waals surface area contributed by atoms with Crippen molar-refractivity contribution in [3.8, 4) is 17.0 Å². The summed E-state index contributed by atoms with van der Waals surface area (Å²) in [5, 5.41) is 13.3. The SMILES string of the molecule is CCOC(=O)c1cnc2ccc(-c3ccc(O)cc3)nc2c1NC1CCC(CN(C)C)CC1. The second-order valence-corrected chi connectivity index (χ2v) is 9.00. The van der Waals surface area contributed by atoms with E-state index in [1.807, 2.05) is 24.3 Å². The first-order chi connectivity index (χ1) is 15.9. The third-order valence-electron chi connectivity index (χ3n) is 6.19. The molecular formula is C26H32N4O3. The Kier molecular flexibility index (Phi) is 7.08. The number of phenolic OH excluding ortho intramolecular Hbond substituents is 1. The smallest absolute Gasteiger partial charge is 0.341 e. The molecule has 0 unspecified atom stereocenters. The number of aromatic nitrogens is 2. The van der Waals surface area contributed by atoms with E-state index in [1.165, 1.54) is 0 Å². The topological polar surface area (TPSA) is 87.6 Å². The van der Waals surface area contributed by atoms with Crippen LogP contribution in [0.3, 0.4) is 0 Å². The molecule has 33 heavy (non-hydrogen) atoms. The molecule has 1 saturated carbocycles. The quantitative estimate of drug-likeness (QED) is 0.506. The standard InChI is InChI=1S/C26H32N4O3/c1-4-33-26(32)21-15-27-23-14-13-22(18-7-11-20(31)12-8-18)29-25(23)24(21)28-19-9-5-17(6-10-19)16-30(2)3/h7-8,11-15,17,19,31H,4-6,9-10,16H2,1-3H3,(H,27,28). The molecule has 4 rings (SSSR count). The predicted molar refractivity (Wildman–Crippen MR) is 131 cm³/mol. The van der Waals surface area contributed by atoms with Crippen molar-refractivity contribution in [1.82, 2.24) is 14.9 Å². The summed E-state index contributed by atoms with van der Waals surface area (Å²) in [6.07, 6.45) is 5.98. The highest BCUT2D eigenvalue weighted by atomic mass is 16.5. The minimum Gasteiger partial charge on any atom is -0.508 e. The molecule has 0 amide bonds. The van der Waals surface area contributed by atoms with Crippen LogP contribution in [0, 0.1) is 5.92 Å². The average Bonchev–Trinajstić information content (AvgIpc) is 2.80. The number of esters is 1. The van der Waals surface area contributed by atoms with Gasteiger partial charge in [0, 0.05) is 24.3 Å². The summed E-state index contributed by atoms with van der Waals surface area (Å²) in [7, 11) is 4.24. The Labute approximate surface area is 194 Å². The van der Waals surface area contributed by atoms with E-state index in [2.05, 4.69) is 29.3 Å². The van der Waals surface area contributed by atoms with Crippen LogP contribution >= 0.6 is 0 Å². The van der Waals surface area contributed by atoms with Gasteiger partial charge in [0.05, 0.1) is 23.5 Å². The Balaban J connectivity index is 1.69. The molecule has 0 radical (unpaired) electrons. The van der Waals surface area contributed by atoms with Crippen LogP contribution in [0.2, 0.25) is 0 Å². The first kappa shape index (κ1) is 23.0. The number of aromatic hydroxyl groups is 1. The molecule has 0 saturated heterocycles. The Morgan fingerprint density at radius 1 is 1.12 bits per heavy atom. The largest absolute Gasteiger partial charge is 0.508 e. The van der Waals surface area contributed by atoms with E-state index < -0.39 is 5.97 Å². The fourth-order valence-corrected chi connectivity index (χ4v) is 4.58. The second-order valence-electron chi connectivity index (χ2n) is 9.00. The molecule has 0 bridgehead atoms. The number of carbonyl (C=O) groups excluding carboxylic acids is 1. The van der Waals surface area contributed by atoms with Crippen molar-refractivity contribution in [3.63, 3.8) is 0 Å². The highest BCUT2D eigenvalue weighted by molar-refractivity contribution is 6.04. The zero-order valence-corrected chi connectivity index (χ0v) is 19.5. The van der Waals surface area contributed by atoms with E-state index in [0.29, 0.717) is 29.3 Å². The number of anilines is 1. The fourth-order valence-electron chi connectivity index (χ4n) is 4.58. The molecule has 1 aliphatic carbocycles. The van der Waals surface area contributed by atoms with Crippen molar-refractivity contribution in [3.05, 3.63) is 48.2 Å². The number of fused-ring (bicyclic) bond motifs is 1. The van der Waals surface area contributed by atoms with Crippen molar-refractivity contribution in [2.75, 3.05) is 32.6 Å². The number of pyridine rings is 2. The minimum absolute atomic E-state index is 0.207. The highest BCUT2D eigenvalue weighted by Gasteiger charge is 2.25. The molecular weight excluding hydrogens is 416 g/mol. The summed E-state index contributed by atoms with van der Waals surface area (Å²) in [5.41, 5.74) is 4.11. The molecule has 1 fully saturated rings. The van der Waals surface area contributed by atoms with Gasteiger partial charge in [0.2, 0.25) is 0 Å². The number of carbonyl (C=O) groups is 1. The molecule has 174 valence electrons. The zero-order chi connectivity index (χ0) is 23.4. The predicted octanol–water partition coefficient (Wildman–Crippen LogP) is 4.71. The lowest BCUT2D eigenvalue weighted by atomic mass is 9.85. The van der Waals surface area contributed by atoms with Gasteiger partial charge in [-0.15, -0.1) is 0 Å². The molecule has 0 aliphatic heterocycles. The fraction of sp³-hybridized carbons (Fsp3) is 0.423. The molecule has 0 atom stereocenters. The van der Waals surface area contributed by atoms with Crippen LogP contribution < -0.4 is 5.32 Å². The van der Waals surface area contributed by atoms with Crippen LogP contribution in [-0.4, -0.2) is 59.2 Å². The van der Waals surface area contributed by atoms with E-state index in [4.69, 9.17) is 9.72 Å². The molecule has 7 nitrogen and oxygen atoms in total. The van der Waals surface area contributed by atoms with Gasteiger partial charge in [-0.05, 0) is 89.0 Å². The number of phenols is 1. The molecule has 0 spiro atoms. The Hall–Kier alpha value is -3.19. The van der Waals surface area contributed by atoms with E-state index in [1.54, 1.807) is 25.3 Å².